The van der Waals surface area contributed by atoms with Crippen LogP contribution in [0, 0.1) is 5.92 Å². The molecule has 3 amide bonds. The van der Waals surface area contributed by atoms with Gasteiger partial charge in [-0.15, -0.1) is 0 Å². The van der Waals surface area contributed by atoms with E-state index in [0.717, 1.165) is 16.5 Å². The standard InChI is InChI=1S/C29H37N5O7/c1-16(2)11-24(29(40)41)33-28(39)25(15-35)34-27(38)23(13-18-14-31-22-6-4-3-5-20(18)22)32-26(37)21(30)12-17-7-9-19(36)10-8-17/h3-10,14,16,21,23-25,31,35-36H,11-13,15,30H2,1-2H3,(H,32,37)(H,33,39)(H,34,38)(H,40,41). The lowest BCUT2D eigenvalue weighted by molar-refractivity contribution is -0.143. The number of carbonyl (C=O) groups excluding carboxylic acids is 3. The third kappa shape index (κ3) is 8.78. The smallest absolute Gasteiger partial charge is 0.326 e. The number of fused-ring (bicyclic) bond motifs is 1. The van der Waals surface area contributed by atoms with E-state index in [1.165, 1.54) is 12.1 Å². The lowest BCUT2D eigenvalue weighted by Crippen LogP contribution is -2.58. The van der Waals surface area contributed by atoms with Gasteiger partial charge >= 0.3 is 5.97 Å². The summed E-state index contributed by atoms with van der Waals surface area (Å²) in [4.78, 5) is 54.0. The third-order valence-electron chi connectivity index (χ3n) is 6.60. The van der Waals surface area contributed by atoms with Gasteiger partial charge in [0.2, 0.25) is 17.7 Å². The van der Waals surface area contributed by atoms with Crippen molar-refractivity contribution >= 4 is 34.6 Å². The first-order valence-electron chi connectivity index (χ1n) is 13.3. The third-order valence-corrected chi connectivity index (χ3v) is 6.60. The molecule has 1 aromatic heterocycles. The molecule has 0 radical (unpaired) electrons. The Hall–Kier alpha value is -4.42. The van der Waals surface area contributed by atoms with E-state index in [2.05, 4.69) is 20.9 Å². The summed E-state index contributed by atoms with van der Waals surface area (Å²) in [5, 5.41) is 37.1. The second kappa shape index (κ2) is 14.3. The van der Waals surface area contributed by atoms with E-state index in [1.54, 1.807) is 32.2 Å². The molecule has 3 aromatic rings. The predicted octanol–water partition coefficient (Wildman–Crippen LogP) is 0.563. The number of benzene rings is 2. The average Bonchev–Trinajstić information content (AvgIpc) is 3.34. The van der Waals surface area contributed by atoms with Crippen molar-refractivity contribution in [2.24, 2.45) is 11.7 Å². The highest BCUT2D eigenvalue weighted by Gasteiger charge is 2.31. The second-order valence-electron chi connectivity index (χ2n) is 10.4. The molecule has 0 spiro atoms. The molecule has 12 heteroatoms. The molecule has 0 aliphatic carbocycles. The van der Waals surface area contributed by atoms with Gasteiger partial charge in [0.25, 0.3) is 0 Å². The number of nitrogens with one attached hydrogen (secondary N) is 4. The van der Waals surface area contributed by atoms with Crippen molar-refractivity contribution in [3.05, 3.63) is 65.9 Å². The van der Waals surface area contributed by atoms with Gasteiger partial charge in [-0.1, -0.05) is 44.2 Å². The molecule has 0 aliphatic rings. The number of carboxylic acid groups (broad SMARTS) is 1. The number of amides is 3. The van der Waals surface area contributed by atoms with Crippen molar-refractivity contribution < 1.29 is 34.5 Å². The minimum Gasteiger partial charge on any atom is -0.508 e. The summed E-state index contributed by atoms with van der Waals surface area (Å²) in [6.07, 6.45) is 2.05. The van der Waals surface area contributed by atoms with Gasteiger partial charge in [-0.25, -0.2) is 4.79 Å². The molecule has 12 nitrogen and oxygen atoms in total. The Morgan fingerprint density at radius 3 is 2.10 bits per heavy atom. The van der Waals surface area contributed by atoms with Gasteiger partial charge in [-0.2, -0.15) is 0 Å². The number of carboxylic acids is 1. The number of para-hydroxylation sites is 1. The van der Waals surface area contributed by atoms with Crippen LogP contribution in [0.15, 0.2) is 54.7 Å². The molecule has 0 fully saturated rings. The molecular formula is C29H37N5O7. The molecular weight excluding hydrogens is 530 g/mol. The quantitative estimate of drug-likeness (QED) is 0.138. The summed E-state index contributed by atoms with van der Waals surface area (Å²) in [6, 6.07) is 8.77. The van der Waals surface area contributed by atoms with Crippen molar-refractivity contribution in [1.29, 1.82) is 0 Å². The Balaban J connectivity index is 1.78. The first-order valence-corrected chi connectivity index (χ1v) is 13.3. The fourth-order valence-electron chi connectivity index (χ4n) is 4.42. The molecule has 9 N–H and O–H groups in total. The number of phenolic OH excluding ortho intramolecular Hbond substituents is 1. The highest BCUT2D eigenvalue weighted by Crippen LogP contribution is 2.19. The van der Waals surface area contributed by atoms with Crippen molar-refractivity contribution in [2.45, 2.75) is 57.3 Å². The van der Waals surface area contributed by atoms with Gasteiger partial charge in [-0.3, -0.25) is 14.4 Å². The number of carbonyl (C=O) groups is 4. The number of aliphatic carboxylic acids is 1. The molecule has 1 heterocycles. The number of aromatic amines is 1. The summed E-state index contributed by atoms with van der Waals surface area (Å²) < 4.78 is 0. The number of hydrogen-bond acceptors (Lipinski definition) is 7. The van der Waals surface area contributed by atoms with Crippen LogP contribution < -0.4 is 21.7 Å². The maximum atomic E-state index is 13.4. The Kier molecular flexibility index (Phi) is 10.8. The van der Waals surface area contributed by atoms with Crippen LogP contribution in [0.4, 0.5) is 0 Å². The molecule has 220 valence electrons. The molecule has 0 bridgehead atoms. The topological polar surface area (TPSA) is 207 Å². The van der Waals surface area contributed by atoms with Gasteiger partial charge in [0.05, 0.1) is 12.6 Å². The number of aromatic hydroxyl groups is 1. The molecule has 4 unspecified atom stereocenters. The normalized spacial score (nSPS) is 14.2. The van der Waals surface area contributed by atoms with Crippen LogP contribution in [0.5, 0.6) is 5.75 Å². The number of rotatable bonds is 14. The van der Waals surface area contributed by atoms with Crippen molar-refractivity contribution in [3.63, 3.8) is 0 Å². The maximum Gasteiger partial charge on any atom is 0.326 e. The maximum absolute atomic E-state index is 13.4. The summed E-state index contributed by atoms with van der Waals surface area (Å²) in [5.41, 5.74) is 8.38. The first kappa shape index (κ1) is 31.1. The van der Waals surface area contributed by atoms with E-state index >= 15 is 0 Å². The SMILES string of the molecule is CC(C)CC(NC(=O)C(CO)NC(=O)C(Cc1c[nH]c2ccccc12)NC(=O)C(N)Cc1ccc(O)cc1)C(=O)O. The minimum absolute atomic E-state index is 0.0277. The fourth-order valence-corrected chi connectivity index (χ4v) is 4.42. The van der Waals surface area contributed by atoms with Crippen LogP contribution >= 0.6 is 0 Å². The summed E-state index contributed by atoms with van der Waals surface area (Å²) >= 11 is 0. The molecule has 0 saturated heterocycles. The van der Waals surface area contributed by atoms with Gasteiger partial charge < -0.3 is 42.0 Å². The predicted molar refractivity (Wildman–Crippen MR) is 152 cm³/mol. The Labute approximate surface area is 237 Å². The lowest BCUT2D eigenvalue weighted by Gasteiger charge is -2.24. The molecule has 0 saturated carbocycles. The largest absolute Gasteiger partial charge is 0.508 e. The van der Waals surface area contributed by atoms with Crippen molar-refractivity contribution in [2.75, 3.05) is 6.61 Å². The lowest BCUT2D eigenvalue weighted by atomic mass is 10.0. The van der Waals surface area contributed by atoms with E-state index in [-0.39, 0.29) is 30.9 Å². The summed E-state index contributed by atoms with van der Waals surface area (Å²) in [7, 11) is 0. The van der Waals surface area contributed by atoms with Crippen LogP contribution in [0.25, 0.3) is 10.9 Å². The van der Waals surface area contributed by atoms with Crippen molar-refractivity contribution in [1.82, 2.24) is 20.9 Å². The van der Waals surface area contributed by atoms with E-state index in [0.29, 0.717) is 5.56 Å². The zero-order chi connectivity index (χ0) is 30.1. The monoisotopic (exact) mass is 567 g/mol. The molecule has 3 rings (SSSR count). The van der Waals surface area contributed by atoms with Gasteiger partial charge in [0.1, 0.15) is 23.9 Å². The number of aromatic nitrogens is 1. The number of nitrogens with two attached hydrogens (primary N) is 1. The zero-order valence-electron chi connectivity index (χ0n) is 23.0. The molecule has 2 aromatic carbocycles. The molecule has 0 aliphatic heterocycles. The summed E-state index contributed by atoms with van der Waals surface area (Å²) in [6.45, 7) is 2.81. The van der Waals surface area contributed by atoms with E-state index in [9.17, 15) is 34.5 Å². The second-order valence-corrected chi connectivity index (χ2v) is 10.4. The van der Waals surface area contributed by atoms with Crippen LogP contribution in [0.3, 0.4) is 0 Å². The Morgan fingerprint density at radius 1 is 0.854 bits per heavy atom. The van der Waals surface area contributed by atoms with Crippen molar-refractivity contribution in [3.8, 4) is 5.75 Å². The number of H-pyrrole nitrogens is 1. The number of hydrogen-bond donors (Lipinski definition) is 8. The highest BCUT2D eigenvalue weighted by atomic mass is 16.4. The van der Waals surface area contributed by atoms with Gasteiger partial charge in [0.15, 0.2) is 0 Å². The molecule has 4 atom stereocenters. The average molecular weight is 568 g/mol. The highest BCUT2D eigenvalue weighted by molar-refractivity contribution is 5.95. The first-order chi connectivity index (χ1) is 19.5. The van der Waals surface area contributed by atoms with E-state index in [1.807, 2.05) is 24.3 Å². The number of aliphatic hydroxyl groups excluding tert-OH is 1. The van der Waals surface area contributed by atoms with Gasteiger partial charge in [-0.05, 0) is 48.1 Å². The van der Waals surface area contributed by atoms with Crippen LogP contribution in [-0.2, 0) is 32.0 Å². The van der Waals surface area contributed by atoms with E-state index < -0.39 is 54.5 Å². The van der Waals surface area contributed by atoms with Crippen LogP contribution in [0.2, 0.25) is 0 Å². The van der Waals surface area contributed by atoms with Crippen LogP contribution in [-0.4, -0.2) is 74.8 Å². The number of aliphatic hydroxyl groups is 1. The summed E-state index contributed by atoms with van der Waals surface area (Å²) in [5.74, 6) is -3.43. The van der Waals surface area contributed by atoms with Crippen LogP contribution in [0.1, 0.15) is 31.4 Å². The minimum atomic E-state index is -1.45. The van der Waals surface area contributed by atoms with E-state index in [4.69, 9.17) is 5.73 Å². The Bertz CT molecular complexity index is 1360. The number of phenols is 1. The Morgan fingerprint density at radius 2 is 1.46 bits per heavy atom. The fraction of sp³-hybridized carbons (Fsp3) is 0.379. The zero-order valence-corrected chi connectivity index (χ0v) is 23.0. The molecule has 41 heavy (non-hydrogen) atoms. The van der Waals surface area contributed by atoms with Gasteiger partial charge in [0, 0.05) is 23.5 Å².